The number of nitrogens with zero attached hydrogens (tertiary/aromatic N) is 3. The molecule has 3 aliphatic rings. The van der Waals surface area contributed by atoms with Gasteiger partial charge in [0.15, 0.2) is 5.71 Å². The zero-order valence-corrected chi connectivity index (χ0v) is 43.1. The third kappa shape index (κ3) is 17.5. The van der Waals surface area contributed by atoms with Crippen molar-refractivity contribution < 1.29 is 125 Å². The van der Waals surface area contributed by atoms with Gasteiger partial charge >= 0.3 is 65.1 Å². The molecule has 3 N–H and O–H groups in total. The monoisotopic (exact) mass is 955 g/mol. The van der Waals surface area contributed by atoms with Gasteiger partial charge in [-0.3, -0.25) is 24.7 Å². The van der Waals surface area contributed by atoms with Crippen molar-refractivity contribution in [1.29, 1.82) is 0 Å². The Morgan fingerprint density at radius 2 is 1.78 bits per heavy atom. The second-order valence-corrected chi connectivity index (χ2v) is 18.6. The molecule has 0 fully saturated rings. The molecular formula is C40H55N5Na2O13S3. The summed E-state index contributed by atoms with van der Waals surface area (Å²) in [5.74, 6) is -1.72. The molecule has 23 heteroatoms. The number of amides is 2. The summed E-state index contributed by atoms with van der Waals surface area (Å²) >= 11 is 1.62. The first-order chi connectivity index (χ1) is 29.1. The maximum atomic E-state index is 13.0. The third-order valence-corrected chi connectivity index (χ3v) is 13.2. The molecule has 3 heterocycles. The average molecular weight is 956 g/mol. The van der Waals surface area contributed by atoms with Crippen molar-refractivity contribution >= 4 is 69.1 Å². The Hall–Kier alpha value is -1.64. The average Bonchev–Trinajstić information content (AvgIpc) is 3.58. The molecule has 0 saturated heterocycles. The van der Waals surface area contributed by atoms with E-state index in [9.17, 15) is 43.0 Å². The van der Waals surface area contributed by atoms with Gasteiger partial charge in [-0.05, 0) is 96.8 Å². The van der Waals surface area contributed by atoms with Crippen LogP contribution in [0.25, 0.3) is 0 Å². The third-order valence-electron chi connectivity index (χ3n) is 11.3. The second-order valence-electron chi connectivity index (χ2n) is 15.5. The molecule has 1 aromatic carbocycles. The summed E-state index contributed by atoms with van der Waals surface area (Å²) in [5, 5.41) is 50.0. The number of carbonyl (C=O) groups excluding carboxylic acids is 2. The van der Waals surface area contributed by atoms with Crippen LogP contribution in [0.3, 0.4) is 0 Å². The molecule has 338 valence electrons. The summed E-state index contributed by atoms with van der Waals surface area (Å²) in [4.78, 5) is 38.4. The molecule has 3 aliphatic heterocycles. The van der Waals surface area contributed by atoms with E-state index in [0.717, 1.165) is 52.5 Å². The number of carboxylic acids is 1. The van der Waals surface area contributed by atoms with Crippen molar-refractivity contribution in [3.05, 3.63) is 59.8 Å². The van der Waals surface area contributed by atoms with Crippen LogP contribution < -0.4 is 80.3 Å². The van der Waals surface area contributed by atoms with E-state index in [-0.39, 0.29) is 96.6 Å². The van der Waals surface area contributed by atoms with Gasteiger partial charge < -0.3 is 30.8 Å². The number of rotatable bonds is 14. The molecule has 0 radical (unpaired) electrons. The Kier molecular flexibility index (Phi) is 26.0. The second kappa shape index (κ2) is 28.5. The van der Waals surface area contributed by atoms with Gasteiger partial charge in [0.25, 0.3) is 0 Å². The van der Waals surface area contributed by atoms with Crippen molar-refractivity contribution in [3.8, 4) is 0 Å². The SMILES string of the molecule is CC1=NN(CCCSOO[O-])C2=CC=CC=CC3=[N+](CCCCCC(=O)NC(C(=O)O)CCCCNC(=O)CCC21C)c1ccc(SOO[O-])cc1C3(C)CCCS(=O)(=O)[O-].[Na+].[Na+]. The van der Waals surface area contributed by atoms with Crippen molar-refractivity contribution in [1.82, 2.24) is 15.6 Å². The maximum Gasteiger partial charge on any atom is 1.00 e. The molecule has 0 spiro atoms. The minimum atomic E-state index is -4.49. The Bertz CT molecular complexity index is 1970. The van der Waals surface area contributed by atoms with Crippen LogP contribution >= 0.6 is 24.1 Å². The van der Waals surface area contributed by atoms with Gasteiger partial charge in [-0.1, -0.05) is 18.2 Å². The Balaban J connectivity index is 0.00000683. The van der Waals surface area contributed by atoms with Gasteiger partial charge in [-0.15, -0.1) is 0 Å². The summed E-state index contributed by atoms with van der Waals surface area (Å²) in [6.45, 7) is 7.29. The minimum absolute atomic E-state index is 0. The number of carboxylic acid groups (broad SMARTS) is 1. The van der Waals surface area contributed by atoms with Crippen LogP contribution in [0.15, 0.2) is 64.3 Å². The van der Waals surface area contributed by atoms with Crippen LogP contribution in [0.5, 0.6) is 0 Å². The van der Waals surface area contributed by atoms with E-state index in [4.69, 9.17) is 5.10 Å². The molecule has 0 bridgehead atoms. The van der Waals surface area contributed by atoms with E-state index < -0.39 is 38.7 Å². The van der Waals surface area contributed by atoms with Gasteiger partial charge in [-0.25, -0.2) is 13.2 Å². The standard InChI is InChI=1S/C40H57N5O13S3.2Na/c1-29-39(2)22-20-36(46)41-23-10-9-14-32(38(48)49)42-37(47)17-8-5-11-24-44-33-19-18-30(60-58-56-51)28-31(33)40(3,21-12-27-61(52,53)54)34(44)15-6-4-7-16-35(39)45(43-29)25-13-26-59-57-55-50;;/h4,6-7,15-16,18-19,28,32H,5,8-14,17,20-27H2,1-3H3,(H5-,41,42,46,47,48,49,50,51,52,53,54);;/q;2*+1/p-2. The number of aliphatic carboxylic acids is 1. The van der Waals surface area contributed by atoms with E-state index in [1.54, 1.807) is 6.07 Å². The molecule has 3 unspecified atom stereocenters. The molecular weight excluding hydrogens is 901 g/mol. The smallest absolute Gasteiger partial charge is 0.748 e. The molecule has 4 rings (SSSR count). The Morgan fingerprint density at radius 3 is 2.49 bits per heavy atom. The number of hydrogen-bond donors (Lipinski definition) is 3. The predicted octanol–water partition coefficient (Wildman–Crippen LogP) is -2.23. The topological polar surface area (TPSA) is 254 Å². The van der Waals surface area contributed by atoms with Crippen molar-refractivity contribution in [2.24, 2.45) is 10.5 Å². The molecule has 63 heavy (non-hydrogen) atoms. The van der Waals surface area contributed by atoms with Crippen LogP contribution in [-0.2, 0) is 48.7 Å². The van der Waals surface area contributed by atoms with Gasteiger partial charge in [0.05, 0.1) is 27.6 Å². The first-order valence-corrected chi connectivity index (χ1v) is 23.5. The van der Waals surface area contributed by atoms with Gasteiger partial charge in [0, 0.05) is 95.3 Å². The molecule has 3 atom stereocenters. The number of hydrogen-bond acceptors (Lipinski definition) is 16. The van der Waals surface area contributed by atoms with Gasteiger partial charge in [-0.2, -0.15) is 18.3 Å². The zero-order valence-electron chi connectivity index (χ0n) is 36.6. The normalized spacial score (nSPS) is 23.1. The van der Waals surface area contributed by atoms with Gasteiger partial charge in [0.2, 0.25) is 17.5 Å². The molecule has 0 aromatic heterocycles. The quantitative estimate of drug-likeness (QED) is 0.0340. The maximum absolute atomic E-state index is 13.0. The molecule has 0 aliphatic carbocycles. The summed E-state index contributed by atoms with van der Waals surface area (Å²) < 4.78 is 46.3. The molecule has 1 aromatic rings. The van der Waals surface area contributed by atoms with Crippen LogP contribution in [0.1, 0.15) is 103 Å². The van der Waals surface area contributed by atoms with E-state index in [2.05, 4.69) is 34.0 Å². The van der Waals surface area contributed by atoms with Crippen LogP contribution in [0.4, 0.5) is 5.69 Å². The summed E-state index contributed by atoms with van der Waals surface area (Å²) in [6, 6.07) is 4.44. The van der Waals surface area contributed by atoms with Crippen molar-refractivity contribution in [2.75, 3.05) is 31.1 Å². The van der Waals surface area contributed by atoms with Crippen molar-refractivity contribution in [2.45, 2.75) is 114 Å². The Labute approximate surface area is 422 Å². The number of nitrogens with one attached hydrogen (secondary N) is 2. The fraction of sp³-hybridized carbons (Fsp3) is 0.575. The predicted molar refractivity (Wildman–Crippen MR) is 223 cm³/mol. The first-order valence-electron chi connectivity index (χ1n) is 20.2. The number of benzene rings is 1. The van der Waals surface area contributed by atoms with Crippen LogP contribution in [-0.4, -0.2) is 94.1 Å². The number of carbonyl (C=O) groups is 3. The van der Waals surface area contributed by atoms with E-state index in [1.807, 2.05) is 68.3 Å². The Morgan fingerprint density at radius 1 is 1.02 bits per heavy atom. The zero-order chi connectivity index (χ0) is 44.5. The fourth-order valence-electron chi connectivity index (χ4n) is 7.90. The van der Waals surface area contributed by atoms with Gasteiger partial charge in [0.1, 0.15) is 12.6 Å². The van der Waals surface area contributed by atoms with Crippen LogP contribution in [0.2, 0.25) is 0 Å². The van der Waals surface area contributed by atoms with E-state index in [0.29, 0.717) is 81.6 Å². The first kappa shape index (κ1) is 57.5. The molecule has 18 nitrogen and oxygen atoms in total. The molecule has 0 saturated carbocycles. The number of allylic oxidation sites excluding steroid dienone is 6. The summed E-state index contributed by atoms with van der Waals surface area (Å²) in [5.41, 5.74) is 2.77. The van der Waals surface area contributed by atoms with E-state index >= 15 is 0 Å². The molecule has 2 amide bonds. The largest absolute Gasteiger partial charge is 1.00 e. The summed E-state index contributed by atoms with van der Waals surface area (Å²) in [6.07, 6.45) is 14.3. The summed E-state index contributed by atoms with van der Waals surface area (Å²) in [7, 11) is -4.49. The van der Waals surface area contributed by atoms with Crippen LogP contribution in [0, 0.1) is 5.41 Å². The number of hydrazone groups is 1. The minimum Gasteiger partial charge on any atom is -0.748 e. The number of fused-ring (bicyclic) bond motifs is 3. The fourth-order valence-corrected chi connectivity index (χ4v) is 9.15. The van der Waals surface area contributed by atoms with Crippen molar-refractivity contribution in [3.63, 3.8) is 0 Å². The van der Waals surface area contributed by atoms with E-state index in [1.165, 1.54) is 0 Å².